The smallest absolute Gasteiger partial charge is 0.456 e. The highest BCUT2D eigenvalue weighted by Gasteiger charge is 2.30. The Morgan fingerprint density at radius 2 is 0.734 bits per heavy atom. The Balaban J connectivity index is 4.98. The van der Waals surface area contributed by atoms with Gasteiger partial charge < -0.3 is 19.4 Å². The quantitative estimate of drug-likeness (QED) is 0.0205. The van der Waals surface area contributed by atoms with E-state index in [-0.39, 0.29) is 31.5 Å². The van der Waals surface area contributed by atoms with E-state index in [0.717, 1.165) is 70.6 Å². The number of nitrogens with zero attached hydrogens (tertiary/aromatic N) is 1. The van der Waals surface area contributed by atoms with E-state index >= 15 is 0 Å². The highest BCUT2D eigenvalue weighted by atomic mass is 31.2. The van der Waals surface area contributed by atoms with Crippen LogP contribution in [0.25, 0.3) is 0 Å². The second-order valence-electron chi connectivity index (χ2n) is 24.7. The van der Waals surface area contributed by atoms with Crippen molar-refractivity contribution in [1.29, 1.82) is 0 Å². The van der Waals surface area contributed by atoms with Gasteiger partial charge in [0.1, 0.15) is 19.3 Å². The molecule has 1 amide bonds. The maximum absolute atomic E-state index is 13.6. The van der Waals surface area contributed by atoms with Gasteiger partial charge >= 0.3 is 13.8 Å². The zero-order valence-corrected chi connectivity index (χ0v) is 54.3. The van der Waals surface area contributed by atoms with Crippen LogP contribution in [-0.4, -0.2) is 74.3 Å². The summed E-state index contributed by atoms with van der Waals surface area (Å²) in [4.78, 5) is 37.8. The van der Waals surface area contributed by atoms with Gasteiger partial charge in [0.15, 0.2) is 0 Å². The van der Waals surface area contributed by atoms with E-state index < -0.39 is 20.0 Å². The molecular formula is C69H134N2O7P+. The fraction of sp³-hybridized carbons (Fsp3) is 0.884. The first kappa shape index (κ1) is 77.2. The highest BCUT2D eigenvalue weighted by Crippen LogP contribution is 2.43. The molecular weight excluding hydrogens is 1000 g/mol. The van der Waals surface area contributed by atoms with Gasteiger partial charge in [-0.25, -0.2) is 4.57 Å². The topological polar surface area (TPSA) is 111 Å². The minimum absolute atomic E-state index is 0.0405. The van der Waals surface area contributed by atoms with Gasteiger partial charge in [0, 0.05) is 12.8 Å². The van der Waals surface area contributed by atoms with Crippen LogP contribution in [0.1, 0.15) is 342 Å². The number of nitrogens with one attached hydrogen (secondary N) is 1. The normalized spacial score (nSPS) is 13.8. The summed E-state index contributed by atoms with van der Waals surface area (Å²) in [5, 5.41) is 3.07. The summed E-state index contributed by atoms with van der Waals surface area (Å²) in [6.45, 7) is 7.04. The van der Waals surface area contributed by atoms with Crippen LogP contribution in [0.5, 0.6) is 0 Å². The number of esters is 1. The Morgan fingerprint density at radius 3 is 1.09 bits per heavy atom. The largest absolute Gasteiger partial charge is 0.472 e. The lowest BCUT2D eigenvalue weighted by molar-refractivity contribution is -0.870. The molecule has 0 fully saturated rings. The molecule has 2 N–H and O–H groups in total. The summed E-state index contributed by atoms with van der Waals surface area (Å²) in [6, 6.07) is -0.851. The maximum atomic E-state index is 13.6. The Hall–Kier alpha value is -1.77. The number of hydrogen-bond acceptors (Lipinski definition) is 6. The predicted octanol–water partition coefficient (Wildman–Crippen LogP) is 21.5. The molecule has 0 saturated carbocycles. The fourth-order valence-corrected chi connectivity index (χ4v) is 11.0. The molecule has 3 unspecified atom stereocenters. The van der Waals surface area contributed by atoms with Crippen LogP contribution in [0.4, 0.5) is 0 Å². The number of quaternary nitrogens is 1. The number of allylic oxidation sites excluding steroid dienone is 5. The van der Waals surface area contributed by atoms with Crippen LogP contribution < -0.4 is 5.32 Å². The number of carbonyl (C=O) groups excluding carboxylic acids is 2. The molecule has 0 aromatic carbocycles. The number of likely N-dealkylation sites (N-methyl/N-ethyl adjacent to an activating group) is 1. The van der Waals surface area contributed by atoms with Crippen molar-refractivity contribution in [2.24, 2.45) is 0 Å². The van der Waals surface area contributed by atoms with E-state index in [0.29, 0.717) is 17.4 Å². The average Bonchev–Trinajstić information content (AvgIpc) is 3.41. The first-order chi connectivity index (χ1) is 38.4. The van der Waals surface area contributed by atoms with Crippen molar-refractivity contribution >= 4 is 19.7 Å². The lowest BCUT2D eigenvalue weighted by atomic mass is 10.0. The van der Waals surface area contributed by atoms with Crippen LogP contribution >= 0.6 is 7.82 Å². The molecule has 0 aliphatic heterocycles. The Kier molecular flexibility index (Phi) is 58.1. The number of hydrogen-bond donors (Lipinski definition) is 2. The highest BCUT2D eigenvalue weighted by molar-refractivity contribution is 7.47. The molecule has 0 rings (SSSR count). The monoisotopic (exact) mass is 1130 g/mol. The molecule has 10 heteroatoms. The number of ether oxygens (including phenoxy) is 1. The van der Waals surface area contributed by atoms with Crippen molar-refractivity contribution in [1.82, 2.24) is 5.32 Å². The summed E-state index contributed by atoms with van der Waals surface area (Å²) in [7, 11) is 1.50. The van der Waals surface area contributed by atoms with Gasteiger partial charge in [-0.1, -0.05) is 282 Å². The zero-order valence-electron chi connectivity index (χ0n) is 53.4. The third-order valence-electron chi connectivity index (χ3n) is 15.6. The van der Waals surface area contributed by atoms with Crippen molar-refractivity contribution in [3.8, 4) is 0 Å². The lowest BCUT2D eigenvalue weighted by Gasteiger charge is -2.27. The van der Waals surface area contributed by atoms with E-state index in [1.54, 1.807) is 0 Å². The third-order valence-corrected chi connectivity index (χ3v) is 16.5. The second-order valence-corrected chi connectivity index (χ2v) is 26.1. The molecule has 0 aromatic heterocycles. The van der Waals surface area contributed by atoms with Gasteiger partial charge in [-0.3, -0.25) is 18.6 Å². The Labute approximate surface area is 491 Å². The molecule has 0 heterocycles. The second kappa shape index (κ2) is 59.4. The maximum Gasteiger partial charge on any atom is 0.472 e. The van der Waals surface area contributed by atoms with E-state index in [1.807, 2.05) is 33.3 Å². The van der Waals surface area contributed by atoms with E-state index in [1.165, 1.54) is 238 Å². The third kappa shape index (κ3) is 60.6. The molecule has 0 bridgehead atoms. The summed E-state index contributed by atoms with van der Waals surface area (Å²) < 4.78 is 30.7. The zero-order chi connectivity index (χ0) is 57.9. The minimum Gasteiger partial charge on any atom is -0.456 e. The SMILES string of the molecule is CCCCCCCC/C=C/CCCCCCCCCCCCCCCCCCCC(=O)NC(COP(=O)(O)OCC[N+](C)(C)C)C(/C=C\CCCCCCCCCCCC)OC(=O)CCCCC/C=C\CCCCCCCCC. The molecule has 3 atom stereocenters. The van der Waals surface area contributed by atoms with Crippen molar-refractivity contribution in [2.75, 3.05) is 40.9 Å². The summed E-state index contributed by atoms with van der Waals surface area (Å²) in [5.41, 5.74) is 0. The van der Waals surface area contributed by atoms with Gasteiger partial charge in [-0.2, -0.15) is 0 Å². The van der Waals surface area contributed by atoms with Crippen molar-refractivity contribution in [2.45, 2.75) is 354 Å². The van der Waals surface area contributed by atoms with Crippen molar-refractivity contribution in [3.63, 3.8) is 0 Å². The lowest BCUT2D eigenvalue weighted by Crippen LogP contribution is -2.47. The molecule has 0 aliphatic carbocycles. The van der Waals surface area contributed by atoms with E-state index in [2.05, 4.69) is 50.4 Å². The molecule has 0 radical (unpaired) electrons. The summed E-state index contributed by atoms with van der Waals surface area (Å²) >= 11 is 0. The standard InChI is InChI=1S/C69H133N2O7P/c1-7-10-13-16-19-22-25-28-30-31-32-33-34-35-36-37-38-39-40-41-42-43-46-49-52-55-58-61-68(72)70-66(65-77-79(74,75)76-64-63-71(4,5)6)67(60-57-54-51-48-45-27-24-21-18-15-12-9-3)78-69(73)62-59-56-53-50-47-44-29-26-23-20-17-14-11-8-2/h28,30,44,47,57,60,66-67H,7-27,29,31-43,45-46,48-56,58-59,61-65H2,1-6H3,(H-,70,72,74,75)/p+1/b30-28+,47-44-,60-57-. The molecule has 0 spiro atoms. The number of phosphoric ester groups is 1. The van der Waals surface area contributed by atoms with E-state index in [4.69, 9.17) is 13.8 Å². The number of rotatable bonds is 63. The number of phosphoric acid groups is 1. The van der Waals surface area contributed by atoms with Gasteiger partial charge in [-0.15, -0.1) is 0 Å². The first-order valence-electron chi connectivity index (χ1n) is 34.3. The van der Waals surface area contributed by atoms with Crippen molar-refractivity contribution in [3.05, 3.63) is 36.5 Å². The fourth-order valence-electron chi connectivity index (χ4n) is 10.2. The van der Waals surface area contributed by atoms with Crippen LogP contribution in [0.2, 0.25) is 0 Å². The molecule has 9 nitrogen and oxygen atoms in total. The van der Waals surface area contributed by atoms with Crippen LogP contribution in [0, 0.1) is 0 Å². The van der Waals surface area contributed by atoms with Crippen LogP contribution in [0.3, 0.4) is 0 Å². The Bertz CT molecular complexity index is 1450. The van der Waals surface area contributed by atoms with Crippen LogP contribution in [0.15, 0.2) is 36.5 Å². The molecule has 0 aromatic rings. The number of amides is 1. The van der Waals surface area contributed by atoms with Gasteiger partial charge in [-0.05, 0) is 83.1 Å². The number of carbonyl (C=O) groups is 2. The van der Waals surface area contributed by atoms with Crippen molar-refractivity contribution < 1.29 is 37.3 Å². The number of unbranched alkanes of at least 4 members (excludes halogenated alkanes) is 43. The van der Waals surface area contributed by atoms with Gasteiger partial charge in [0.05, 0.1) is 33.8 Å². The summed E-state index contributed by atoms with van der Waals surface area (Å²) in [6.07, 6.45) is 73.1. The minimum atomic E-state index is -4.45. The predicted molar refractivity (Wildman–Crippen MR) is 342 cm³/mol. The Morgan fingerprint density at radius 1 is 0.430 bits per heavy atom. The van der Waals surface area contributed by atoms with Gasteiger partial charge in [0.2, 0.25) is 5.91 Å². The molecule has 0 aliphatic rings. The van der Waals surface area contributed by atoms with E-state index in [9.17, 15) is 19.0 Å². The molecule has 0 saturated heterocycles. The van der Waals surface area contributed by atoms with Gasteiger partial charge in [0.25, 0.3) is 0 Å². The first-order valence-corrected chi connectivity index (χ1v) is 35.8. The van der Waals surface area contributed by atoms with Crippen LogP contribution in [-0.2, 0) is 27.9 Å². The molecule has 79 heavy (non-hydrogen) atoms. The summed E-state index contributed by atoms with van der Waals surface area (Å²) in [5.74, 6) is -0.508. The molecule has 466 valence electrons. The average molecular weight is 1130 g/mol.